The van der Waals surface area contributed by atoms with Gasteiger partial charge in [-0.25, -0.2) is 9.67 Å². The number of nitrogens with one attached hydrogen (secondary N) is 1. The van der Waals surface area contributed by atoms with E-state index in [0.717, 1.165) is 55.2 Å². The van der Waals surface area contributed by atoms with E-state index in [0.29, 0.717) is 12.6 Å². The smallest absolute Gasteiger partial charge is 0.138 e. The van der Waals surface area contributed by atoms with Crippen LogP contribution < -0.4 is 14.8 Å². The zero-order chi connectivity index (χ0) is 16.5. The Morgan fingerprint density at radius 2 is 2.33 bits per heavy atom. The monoisotopic (exact) mass is 328 g/mol. The van der Waals surface area contributed by atoms with Gasteiger partial charge >= 0.3 is 0 Å². The van der Waals surface area contributed by atoms with Crippen LogP contribution in [0.4, 0.5) is 0 Å². The average molecular weight is 328 g/mol. The lowest BCUT2D eigenvalue weighted by atomic mass is 10.0. The number of benzene rings is 1. The van der Waals surface area contributed by atoms with E-state index in [2.05, 4.69) is 34.5 Å². The standard InChI is InChI=1S/C18H24N4O2/c1-3-23-16-7-13-6-12(2)24-17(13)8-14(16)9-19-15-4-5-18-20-11-21-22(18)10-15/h7-8,11-12,15,19H,3-6,9-10H2,1-2H3/t12-,15+/m0/s1. The molecule has 2 aliphatic rings. The summed E-state index contributed by atoms with van der Waals surface area (Å²) in [7, 11) is 0. The number of ether oxygens (including phenoxy) is 2. The van der Waals surface area contributed by atoms with E-state index in [-0.39, 0.29) is 6.10 Å². The summed E-state index contributed by atoms with van der Waals surface area (Å²) in [5.74, 6) is 3.06. The van der Waals surface area contributed by atoms with E-state index < -0.39 is 0 Å². The highest BCUT2D eigenvalue weighted by molar-refractivity contribution is 5.48. The summed E-state index contributed by atoms with van der Waals surface area (Å²) in [6.07, 6.45) is 4.91. The van der Waals surface area contributed by atoms with Crippen molar-refractivity contribution in [1.29, 1.82) is 0 Å². The van der Waals surface area contributed by atoms with Crippen molar-refractivity contribution in [1.82, 2.24) is 20.1 Å². The average Bonchev–Trinajstić information content (AvgIpc) is 3.17. The molecule has 0 bridgehead atoms. The molecule has 0 saturated heterocycles. The van der Waals surface area contributed by atoms with Crippen LogP contribution in [0.3, 0.4) is 0 Å². The van der Waals surface area contributed by atoms with Crippen molar-refractivity contribution >= 4 is 0 Å². The van der Waals surface area contributed by atoms with Crippen molar-refractivity contribution in [2.24, 2.45) is 0 Å². The van der Waals surface area contributed by atoms with Crippen molar-refractivity contribution in [3.8, 4) is 11.5 Å². The van der Waals surface area contributed by atoms with Gasteiger partial charge in [-0.1, -0.05) is 0 Å². The zero-order valence-electron chi connectivity index (χ0n) is 14.3. The molecule has 0 spiro atoms. The molecule has 0 saturated carbocycles. The van der Waals surface area contributed by atoms with Gasteiger partial charge in [0.05, 0.1) is 13.2 Å². The minimum Gasteiger partial charge on any atom is -0.494 e. The lowest BCUT2D eigenvalue weighted by Crippen LogP contribution is -2.37. The first-order valence-corrected chi connectivity index (χ1v) is 8.78. The summed E-state index contributed by atoms with van der Waals surface area (Å²) >= 11 is 0. The molecule has 2 aromatic rings. The van der Waals surface area contributed by atoms with E-state index in [9.17, 15) is 0 Å². The molecule has 2 atom stereocenters. The Morgan fingerprint density at radius 3 is 3.21 bits per heavy atom. The predicted molar refractivity (Wildman–Crippen MR) is 90.4 cm³/mol. The Morgan fingerprint density at radius 1 is 1.42 bits per heavy atom. The third kappa shape index (κ3) is 2.98. The second kappa shape index (κ2) is 6.43. The third-order valence-electron chi connectivity index (χ3n) is 4.77. The number of aromatic nitrogens is 3. The van der Waals surface area contributed by atoms with Gasteiger partial charge in [0.15, 0.2) is 0 Å². The van der Waals surface area contributed by atoms with Gasteiger partial charge in [-0.15, -0.1) is 0 Å². The first-order valence-electron chi connectivity index (χ1n) is 8.78. The quantitative estimate of drug-likeness (QED) is 0.911. The fourth-order valence-electron chi connectivity index (χ4n) is 3.57. The molecule has 0 amide bonds. The first kappa shape index (κ1) is 15.4. The van der Waals surface area contributed by atoms with E-state index in [4.69, 9.17) is 9.47 Å². The van der Waals surface area contributed by atoms with Crippen LogP contribution in [0.15, 0.2) is 18.5 Å². The van der Waals surface area contributed by atoms with Gasteiger partial charge in [-0.3, -0.25) is 0 Å². The van der Waals surface area contributed by atoms with Gasteiger partial charge in [-0.2, -0.15) is 5.10 Å². The van der Waals surface area contributed by atoms with E-state index in [1.54, 1.807) is 6.33 Å². The van der Waals surface area contributed by atoms with E-state index >= 15 is 0 Å². The largest absolute Gasteiger partial charge is 0.494 e. The summed E-state index contributed by atoms with van der Waals surface area (Å²) in [6, 6.07) is 4.69. The van der Waals surface area contributed by atoms with Gasteiger partial charge in [0.25, 0.3) is 0 Å². The maximum atomic E-state index is 5.90. The summed E-state index contributed by atoms with van der Waals surface area (Å²) in [5, 5.41) is 7.93. The summed E-state index contributed by atoms with van der Waals surface area (Å²) < 4.78 is 13.8. The topological polar surface area (TPSA) is 61.2 Å². The third-order valence-corrected chi connectivity index (χ3v) is 4.77. The molecule has 0 fully saturated rings. The fourth-order valence-corrected chi connectivity index (χ4v) is 3.57. The van der Waals surface area contributed by atoms with Crippen LogP contribution in [0.2, 0.25) is 0 Å². The molecule has 0 radical (unpaired) electrons. The molecule has 0 aliphatic carbocycles. The highest BCUT2D eigenvalue weighted by atomic mass is 16.5. The zero-order valence-corrected chi connectivity index (χ0v) is 14.3. The normalized spacial score (nSPS) is 21.9. The molecule has 24 heavy (non-hydrogen) atoms. The predicted octanol–water partition coefficient (Wildman–Crippen LogP) is 2.10. The van der Waals surface area contributed by atoms with Crippen LogP contribution >= 0.6 is 0 Å². The van der Waals surface area contributed by atoms with Gasteiger partial charge < -0.3 is 14.8 Å². The number of rotatable bonds is 5. The summed E-state index contributed by atoms with van der Waals surface area (Å²) in [4.78, 5) is 4.28. The Hall–Kier alpha value is -2.08. The molecule has 1 aromatic carbocycles. The summed E-state index contributed by atoms with van der Waals surface area (Å²) in [6.45, 7) is 6.45. The number of hydrogen-bond acceptors (Lipinski definition) is 5. The van der Waals surface area contributed by atoms with Crippen LogP contribution in [-0.2, 0) is 25.9 Å². The highest BCUT2D eigenvalue weighted by Gasteiger charge is 2.23. The molecule has 1 N–H and O–H groups in total. The molecule has 4 rings (SSSR count). The van der Waals surface area contributed by atoms with Crippen LogP contribution in [0.25, 0.3) is 0 Å². The summed E-state index contributed by atoms with van der Waals surface area (Å²) in [5.41, 5.74) is 2.41. The highest BCUT2D eigenvalue weighted by Crippen LogP contribution is 2.35. The van der Waals surface area contributed by atoms with Crippen LogP contribution in [0.1, 0.15) is 37.2 Å². The lowest BCUT2D eigenvalue weighted by molar-refractivity contribution is 0.254. The van der Waals surface area contributed by atoms with E-state index in [1.165, 1.54) is 5.56 Å². The Balaban J connectivity index is 1.47. The van der Waals surface area contributed by atoms with Crippen LogP contribution in [0, 0.1) is 0 Å². The van der Waals surface area contributed by atoms with E-state index in [1.807, 2.05) is 11.6 Å². The molecule has 1 aromatic heterocycles. The molecular weight excluding hydrogens is 304 g/mol. The van der Waals surface area contributed by atoms with Crippen molar-refractivity contribution in [2.45, 2.75) is 58.3 Å². The molecule has 2 aliphatic heterocycles. The molecule has 6 heteroatoms. The molecular formula is C18H24N4O2. The second-order valence-corrected chi connectivity index (χ2v) is 6.61. The van der Waals surface area contributed by atoms with Crippen LogP contribution in [-0.4, -0.2) is 33.5 Å². The van der Waals surface area contributed by atoms with Gasteiger partial charge in [0, 0.05) is 36.6 Å². The number of fused-ring (bicyclic) bond motifs is 2. The van der Waals surface area contributed by atoms with Gasteiger partial charge in [0.2, 0.25) is 0 Å². The Kier molecular flexibility index (Phi) is 4.14. The molecule has 128 valence electrons. The van der Waals surface area contributed by atoms with Crippen LogP contribution in [0.5, 0.6) is 11.5 Å². The van der Waals surface area contributed by atoms with Gasteiger partial charge in [0.1, 0.15) is 29.8 Å². The number of nitrogens with zero attached hydrogens (tertiary/aromatic N) is 3. The minimum atomic E-state index is 0.252. The van der Waals surface area contributed by atoms with Crippen molar-refractivity contribution in [3.63, 3.8) is 0 Å². The number of hydrogen-bond donors (Lipinski definition) is 1. The maximum absolute atomic E-state index is 5.90. The van der Waals surface area contributed by atoms with Crippen molar-refractivity contribution in [2.75, 3.05) is 6.61 Å². The number of aryl methyl sites for hydroxylation is 1. The lowest BCUT2D eigenvalue weighted by Gasteiger charge is -2.24. The minimum absolute atomic E-state index is 0.252. The Bertz CT molecular complexity index is 728. The molecule has 3 heterocycles. The van der Waals surface area contributed by atoms with Crippen molar-refractivity contribution < 1.29 is 9.47 Å². The maximum Gasteiger partial charge on any atom is 0.138 e. The Labute approximate surface area is 142 Å². The van der Waals surface area contributed by atoms with Crippen molar-refractivity contribution in [3.05, 3.63) is 35.4 Å². The van der Waals surface area contributed by atoms with Gasteiger partial charge in [-0.05, 0) is 32.4 Å². The fraction of sp³-hybridized carbons (Fsp3) is 0.556. The molecule has 6 nitrogen and oxygen atoms in total. The SMILES string of the molecule is CCOc1cc2c(cc1CN[C@@H]1CCc3ncnn3C1)O[C@@H](C)C2. The molecule has 0 unspecified atom stereocenters. The second-order valence-electron chi connectivity index (χ2n) is 6.61. The first-order chi connectivity index (χ1) is 11.7.